The van der Waals surface area contributed by atoms with Crippen molar-refractivity contribution >= 4 is 10.8 Å². The SMILES string of the molecule is CCn1c(CO)nn(-c2nc(OCC(F)(F)F)c3c(OC4CCOCC4OC)nncc3c2F)c1=O. The Morgan fingerprint density at radius 2 is 2.06 bits per heavy atom. The third-order valence-electron chi connectivity index (χ3n) is 5.45. The number of rotatable bonds is 8. The summed E-state index contributed by atoms with van der Waals surface area (Å²) in [6, 6.07) is 0. The number of aromatic nitrogens is 6. The van der Waals surface area contributed by atoms with Crippen LogP contribution in [0.4, 0.5) is 17.6 Å². The van der Waals surface area contributed by atoms with E-state index >= 15 is 4.39 Å². The summed E-state index contributed by atoms with van der Waals surface area (Å²) in [6.07, 6.45) is -4.61. The van der Waals surface area contributed by atoms with Gasteiger partial charge in [0, 0.05) is 20.1 Å². The van der Waals surface area contributed by atoms with Crippen molar-refractivity contribution in [1.82, 2.24) is 29.5 Å². The molecule has 3 aromatic heterocycles. The van der Waals surface area contributed by atoms with Gasteiger partial charge in [0.15, 0.2) is 24.1 Å². The van der Waals surface area contributed by atoms with Crippen molar-refractivity contribution in [2.75, 3.05) is 26.9 Å². The van der Waals surface area contributed by atoms with Crippen LogP contribution in [0.2, 0.25) is 0 Å². The van der Waals surface area contributed by atoms with Crippen LogP contribution in [0.25, 0.3) is 16.6 Å². The van der Waals surface area contributed by atoms with Gasteiger partial charge in [-0.15, -0.1) is 10.2 Å². The first-order chi connectivity index (χ1) is 17.2. The summed E-state index contributed by atoms with van der Waals surface area (Å²) < 4.78 is 77.7. The molecule has 1 saturated heterocycles. The van der Waals surface area contributed by atoms with Crippen LogP contribution in [0.15, 0.2) is 11.0 Å². The largest absolute Gasteiger partial charge is 0.470 e. The van der Waals surface area contributed by atoms with Crippen LogP contribution in [0.5, 0.6) is 11.8 Å². The first kappa shape index (κ1) is 25.7. The highest BCUT2D eigenvalue weighted by molar-refractivity contribution is 5.92. The van der Waals surface area contributed by atoms with Crippen LogP contribution in [-0.4, -0.2) is 80.0 Å². The Kier molecular flexibility index (Phi) is 7.37. The molecule has 4 rings (SSSR count). The van der Waals surface area contributed by atoms with Gasteiger partial charge < -0.3 is 24.1 Å². The van der Waals surface area contributed by atoms with Crippen LogP contribution in [0.3, 0.4) is 0 Å². The Balaban J connectivity index is 1.90. The maximum Gasteiger partial charge on any atom is 0.422 e. The predicted molar refractivity (Wildman–Crippen MR) is 112 cm³/mol. The number of hydrogen-bond donors (Lipinski definition) is 1. The van der Waals surface area contributed by atoms with Crippen LogP contribution in [0.1, 0.15) is 19.2 Å². The zero-order valence-corrected chi connectivity index (χ0v) is 19.2. The molecule has 1 aliphatic rings. The molecule has 4 heterocycles. The van der Waals surface area contributed by atoms with Gasteiger partial charge in [-0.1, -0.05) is 0 Å². The molecule has 0 amide bonds. The minimum Gasteiger partial charge on any atom is -0.470 e. The monoisotopic (exact) mass is 518 g/mol. The lowest BCUT2D eigenvalue weighted by atomic mass is 10.1. The fourth-order valence-corrected chi connectivity index (χ4v) is 3.74. The Morgan fingerprint density at radius 1 is 1.28 bits per heavy atom. The first-order valence-electron chi connectivity index (χ1n) is 10.8. The fraction of sp³-hybridized carbons (Fsp3) is 0.550. The molecule has 0 aromatic carbocycles. The second-order valence-corrected chi connectivity index (χ2v) is 7.70. The van der Waals surface area contributed by atoms with E-state index < -0.39 is 54.8 Å². The van der Waals surface area contributed by atoms with Crippen LogP contribution >= 0.6 is 0 Å². The number of methoxy groups -OCH3 is 1. The molecule has 2 unspecified atom stereocenters. The van der Waals surface area contributed by atoms with Crippen molar-refractivity contribution in [3.63, 3.8) is 0 Å². The summed E-state index contributed by atoms with van der Waals surface area (Å²) in [5.41, 5.74) is -0.863. The molecule has 3 aromatic rings. The van der Waals surface area contributed by atoms with Gasteiger partial charge in [-0.2, -0.15) is 27.9 Å². The first-order valence-corrected chi connectivity index (χ1v) is 10.8. The lowest BCUT2D eigenvalue weighted by molar-refractivity contribution is -0.153. The highest BCUT2D eigenvalue weighted by Gasteiger charge is 2.33. The normalized spacial score (nSPS) is 18.5. The number of halogens is 4. The number of ether oxygens (including phenoxy) is 4. The third-order valence-corrected chi connectivity index (χ3v) is 5.45. The van der Waals surface area contributed by atoms with Crippen molar-refractivity contribution in [1.29, 1.82) is 0 Å². The van der Waals surface area contributed by atoms with E-state index in [1.165, 1.54) is 7.11 Å². The Bertz CT molecular complexity index is 1300. The molecule has 1 aliphatic heterocycles. The van der Waals surface area contributed by atoms with E-state index in [0.717, 1.165) is 10.8 Å². The van der Waals surface area contributed by atoms with E-state index in [2.05, 4.69) is 20.3 Å². The summed E-state index contributed by atoms with van der Waals surface area (Å²) in [5, 5.41) is 20.2. The average molecular weight is 518 g/mol. The standard InChI is InChI=1S/C20H22F4N6O6/c1-3-29-13(7-31)28-30(19(29)32)16-15(21)10-6-25-27-18(36-11-4-5-34-8-12(11)33-2)14(10)17(26-16)35-9-20(22,23)24/h6,11-12,31H,3-5,7-9H2,1-2H3. The van der Waals surface area contributed by atoms with Gasteiger partial charge in [0.2, 0.25) is 11.8 Å². The summed E-state index contributed by atoms with van der Waals surface area (Å²) in [5.74, 6) is -3.01. The molecule has 1 N–H and O–H groups in total. The van der Waals surface area contributed by atoms with Gasteiger partial charge in [-0.25, -0.2) is 9.18 Å². The fourth-order valence-electron chi connectivity index (χ4n) is 3.74. The molecule has 0 aliphatic carbocycles. The Morgan fingerprint density at radius 3 is 2.69 bits per heavy atom. The zero-order chi connectivity index (χ0) is 26.0. The van der Waals surface area contributed by atoms with Crippen molar-refractivity contribution < 1.29 is 41.6 Å². The van der Waals surface area contributed by atoms with Crippen molar-refractivity contribution in [2.45, 2.75) is 44.9 Å². The lowest BCUT2D eigenvalue weighted by Crippen LogP contribution is -2.42. The molecule has 0 saturated carbocycles. The number of aliphatic hydroxyl groups excluding tert-OH is 1. The molecular weight excluding hydrogens is 496 g/mol. The van der Waals surface area contributed by atoms with E-state index in [1.807, 2.05) is 0 Å². The lowest BCUT2D eigenvalue weighted by Gasteiger charge is -2.30. The number of hydrogen-bond acceptors (Lipinski definition) is 10. The maximum atomic E-state index is 15.7. The summed E-state index contributed by atoms with van der Waals surface area (Å²) in [7, 11) is 1.43. The molecule has 2 atom stereocenters. The second-order valence-electron chi connectivity index (χ2n) is 7.70. The molecular formula is C20H22F4N6O6. The van der Waals surface area contributed by atoms with Crippen molar-refractivity contribution in [3.05, 3.63) is 28.3 Å². The van der Waals surface area contributed by atoms with Crippen LogP contribution < -0.4 is 15.2 Å². The van der Waals surface area contributed by atoms with E-state index in [-0.39, 0.29) is 35.6 Å². The second kappa shape index (κ2) is 10.3. The molecule has 0 radical (unpaired) electrons. The zero-order valence-electron chi connectivity index (χ0n) is 19.2. The van der Waals surface area contributed by atoms with Crippen LogP contribution in [0, 0.1) is 5.82 Å². The highest BCUT2D eigenvalue weighted by atomic mass is 19.4. The minimum atomic E-state index is -4.75. The van der Waals surface area contributed by atoms with E-state index in [4.69, 9.17) is 18.9 Å². The predicted octanol–water partition coefficient (Wildman–Crippen LogP) is 1.15. The number of pyridine rings is 1. The third kappa shape index (κ3) is 4.96. The molecule has 0 bridgehead atoms. The van der Waals surface area contributed by atoms with E-state index in [1.54, 1.807) is 6.92 Å². The van der Waals surface area contributed by atoms with E-state index in [9.17, 15) is 23.1 Å². The van der Waals surface area contributed by atoms with E-state index in [0.29, 0.717) is 17.7 Å². The average Bonchev–Trinajstić information content (AvgIpc) is 3.18. The van der Waals surface area contributed by atoms with Gasteiger partial charge in [-0.3, -0.25) is 4.57 Å². The van der Waals surface area contributed by atoms with Crippen molar-refractivity contribution in [3.8, 4) is 17.6 Å². The molecule has 0 spiro atoms. The van der Waals surface area contributed by atoms with Gasteiger partial charge in [0.05, 0.1) is 24.8 Å². The quantitative estimate of drug-likeness (QED) is 0.433. The number of nitrogens with zero attached hydrogens (tertiary/aromatic N) is 6. The smallest absolute Gasteiger partial charge is 0.422 e. The van der Waals surface area contributed by atoms with Gasteiger partial charge in [0.25, 0.3) is 0 Å². The molecule has 12 nitrogen and oxygen atoms in total. The highest BCUT2D eigenvalue weighted by Crippen LogP contribution is 2.36. The van der Waals surface area contributed by atoms with Gasteiger partial charge in [0.1, 0.15) is 24.2 Å². The molecule has 16 heteroatoms. The van der Waals surface area contributed by atoms with Crippen molar-refractivity contribution in [2.24, 2.45) is 0 Å². The van der Waals surface area contributed by atoms with Gasteiger partial charge >= 0.3 is 11.9 Å². The number of fused-ring (bicyclic) bond motifs is 1. The van der Waals surface area contributed by atoms with Gasteiger partial charge in [-0.05, 0) is 6.92 Å². The van der Waals surface area contributed by atoms with Crippen LogP contribution in [-0.2, 0) is 22.6 Å². The maximum absolute atomic E-state index is 15.7. The summed E-state index contributed by atoms with van der Waals surface area (Å²) in [4.78, 5) is 16.6. The molecule has 36 heavy (non-hydrogen) atoms. The Hall–Kier alpha value is -3.37. The number of aliphatic hydroxyl groups is 1. The topological polar surface area (TPSA) is 136 Å². The minimum absolute atomic E-state index is 0.0938. The molecule has 1 fully saturated rings. The Labute approximate surface area is 200 Å². The summed E-state index contributed by atoms with van der Waals surface area (Å²) in [6.45, 7) is -0.192. The molecule has 196 valence electrons. The summed E-state index contributed by atoms with van der Waals surface area (Å²) >= 11 is 0. The number of alkyl halides is 3.